The Hall–Kier alpha value is -4.43. The Kier molecular flexibility index (Phi) is 3.68. The molecular weight excluding hydrogens is 426 g/mol. The average molecular weight is 443 g/mol. The first-order chi connectivity index (χ1) is 15.8. The number of nitrogens with two attached hydrogens (primary N) is 1. The van der Waals surface area contributed by atoms with Crippen molar-refractivity contribution in [3.8, 4) is 34.5 Å². The van der Waals surface area contributed by atoms with Crippen LogP contribution in [0.1, 0.15) is 32.6 Å². The Morgan fingerprint density at radius 1 is 0.758 bits per heavy atom. The van der Waals surface area contributed by atoms with Crippen molar-refractivity contribution < 1.29 is 34.7 Å². The summed E-state index contributed by atoms with van der Waals surface area (Å²) in [5, 5.41) is 41.7. The second-order valence-corrected chi connectivity index (χ2v) is 8.05. The second kappa shape index (κ2) is 6.30. The van der Waals surface area contributed by atoms with E-state index < -0.39 is 11.6 Å². The van der Waals surface area contributed by atoms with E-state index in [0.717, 1.165) is 0 Å². The van der Waals surface area contributed by atoms with E-state index in [1.165, 1.54) is 36.4 Å². The van der Waals surface area contributed by atoms with E-state index >= 15 is 0 Å². The van der Waals surface area contributed by atoms with Gasteiger partial charge in [0.25, 0.3) is 0 Å². The Labute approximate surface area is 186 Å². The molecule has 0 unspecified atom stereocenters. The molecule has 164 valence electrons. The van der Waals surface area contributed by atoms with Crippen LogP contribution in [-0.4, -0.2) is 26.4 Å². The summed E-state index contributed by atoms with van der Waals surface area (Å²) in [7, 11) is 0. The van der Waals surface area contributed by atoms with E-state index in [0.29, 0.717) is 22.3 Å². The maximum atomic E-state index is 13.4. The maximum Gasteiger partial charge on any atom is 0.340 e. The normalized spacial score (nSPS) is 15.0. The highest BCUT2D eigenvalue weighted by molar-refractivity contribution is 6.13. The third-order valence-electron chi connectivity index (χ3n) is 6.28. The first-order valence-electron chi connectivity index (χ1n) is 10.1. The fourth-order valence-electron chi connectivity index (χ4n) is 4.94. The van der Waals surface area contributed by atoms with Gasteiger partial charge in [0.1, 0.15) is 34.5 Å². The zero-order chi connectivity index (χ0) is 23.1. The fraction of sp³-hybridized carbons (Fsp3) is 0.0800. The highest BCUT2D eigenvalue weighted by atomic mass is 16.6. The highest BCUT2D eigenvalue weighted by Crippen LogP contribution is 2.58. The molecule has 0 radical (unpaired) electrons. The monoisotopic (exact) mass is 443 g/mol. The third kappa shape index (κ3) is 2.35. The van der Waals surface area contributed by atoms with E-state index in [4.69, 9.17) is 15.2 Å². The molecule has 0 bridgehead atoms. The molecule has 0 atom stereocenters. The number of rotatable bonds is 1. The van der Waals surface area contributed by atoms with Gasteiger partial charge in [-0.05, 0) is 48.0 Å². The lowest BCUT2D eigenvalue weighted by molar-refractivity contribution is 0.0225. The largest absolute Gasteiger partial charge is 0.508 e. The second-order valence-electron chi connectivity index (χ2n) is 8.05. The van der Waals surface area contributed by atoms with Crippen LogP contribution >= 0.6 is 0 Å². The van der Waals surface area contributed by atoms with Crippen molar-refractivity contribution in [1.29, 1.82) is 0 Å². The Morgan fingerprint density at radius 3 is 1.91 bits per heavy atom. The molecule has 0 saturated heterocycles. The summed E-state index contributed by atoms with van der Waals surface area (Å²) in [6.07, 6.45) is 0. The standard InChI is InChI=1S/C25H17NO7/c26-10-11-7-16-22(23-18(30)6-5-17(29)21(11)23)24(31)33-25(16)14-3-1-12(27)8-19(14)32-20-9-13(28)2-4-15(20)25/h1-9,27-30H,10,26H2. The quantitative estimate of drug-likeness (QED) is 0.221. The number of ether oxygens (including phenoxy) is 2. The van der Waals surface area contributed by atoms with Crippen molar-refractivity contribution in [2.75, 3.05) is 0 Å². The van der Waals surface area contributed by atoms with Gasteiger partial charge >= 0.3 is 5.97 Å². The van der Waals surface area contributed by atoms with Crippen LogP contribution in [0.25, 0.3) is 10.8 Å². The molecule has 0 saturated carbocycles. The van der Waals surface area contributed by atoms with Gasteiger partial charge in [-0.2, -0.15) is 0 Å². The molecule has 2 heterocycles. The van der Waals surface area contributed by atoms with Crippen LogP contribution < -0.4 is 10.5 Å². The number of phenolic OH excluding ortho intramolecular Hbond substituents is 4. The summed E-state index contributed by atoms with van der Waals surface area (Å²) in [5.41, 5.74) is 6.41. The molecule has 1 spiro atoms. The summed E-state index contributed by atoms with van der Waals surface area (Å²) in [4.78, 5) is 13.4. The predicted octanol–water partition coefficient (Wildman–Crippen LogP) is 3.69. The Balaban J connectivity index is 1.81. The minimum absolute atomic E-state index is 0.0203. The van der Waals surface area contributed by atoms with E-state index in [2.05, 4.69) is 0 Å². The van der Waals surface area contributed by atoms with Crippen LogP contribution in [0.2, 0.25) is 0 Å². The molecule has 2 aliphatic rings. The minimum atomic E-state index is -1.49. The SMILES string of the molecule is NCc1cc2c(c3c(O)ccc(O)c13)C(=O)OC21c2ccc(O)cc2Oc2cc(O)ccc21. The number of aromatic hydroxyl groups is 4. The molecule has 2 aliphatic heterocycles. The van der Waals surface area contributed by atoms with Gasteiger partial charge in [-0.3, -0.25) is 0 Å². The molecule has 4 aromatic rings. The Bertz CT molecular complexity index is 1470. The average Bonchev–Trinajstić information content (AvgIpc) is 3.07. The van der Waals surface area contributed by atoms with Crippen molar-refractivity contribution in [2.24, 2.45) is 5.73 Å². The molecule has 8 heteroatoms. The molecule has 0 amide bonds. The van der Waals surface area contributed by atoms with Crippen LogP contribution in [0.15, 0.2) is 54.6 Å². The summed E-state index contributed by atoms with van der Waals surface area (Å²) >= 11 is 0. The molecule has 6 N–H and O–H groups in total. The van der Waals surface area contributed by atoms with E-state index in [-0.39, 0.29) is 57.4 Å². The number of hydrogen-bond donors (Lipinski definition) is 5. The van der Waals surface area contributed by atoms with Crippen LogP contribution in [0.3, 0.4) is 0 Å². The zero-order valence-electron chi connectivity index (χ0n) is 17.0. The van der Waals surface area contributed by atoms with Crippen LogP contribution in [0.4, 0.5) is 0 Å². The lowest BCUT2D eigenvalue weighted by atomic mass is 9.76. The number of carbonyl (C=O) groups is 1. The van der Waals surface area contributed by atoms with Crippen molar-refractivity contribution >= 4 is 16.7 Å². The number of carbonyl (C=O) groups excluding carboxylic acids is 1. The summed E-state index contributed by atoms with van der Waals surface area (Å²) < 4.78 is 12.0. The topological polar surface area (TPSA) is 142 Å². The van der Waals surface area contributed by atoms with E-state index in [1.807, 2.05) is 0 Å². The van der Waals surface area contributed by atoms with E-state index in [1.54, 1.807) is 18.2 Å². The molecule has 0 aliphatic carbocycles. The summed E-state index contributed by atoms with van der Waals surface area (Å²) in [6, 6.07) is 13.2. The fourth-order valence-corrected chi connectivity index (χ4v) is 4.94. The number of hydrogen-bond acceptors (Lipinski definition) is 8. The summed E-state index contributed by atoms with van der Waals surface area (Å²) in [5.74, 6) is -0.665. The summed E-state index contributed by atoms with van der Waals surface area (Å²) in [6.45, 7) is 0.0203. The van der Waals surface area contributed by atoms with Gasteiger partial charge in [-0.1, -0.05) is 0 Å². The minimum Gasteiger partial charge on any atom is -0.508 e. The lowest BCUT2D eigenvalue weighted by Gasteiger charge is -2.36. The van der Waals surface area contributed by atoms with Crippen molar-refractivity contribution in [1.82, 2.24) is 0 Å². The number of fused-ring (bicyclic) bond motifs is 8. The van der Waals surface area contributed by atoms with Gasteiger partial charge < -0.3 is 35.6 Å². The molecule has 8 nitrogen and oxygen atoms in total. The lowest BCUT2D eigenvalue weighted by Crippen LogP contribution is -2.33. The first-order valence-corrected chi connectivity index (χ1v) is 10.1. The van der Waals surface area contributed by atoms with Gasteiger partial charge in [0.2, 0.25) is 0 Å². The molecule has 0 aromatic heterocycles. The van der Waals surface area contributed by atoms with Crippen molar-refractivity contribution in [3.05, 3.63) is 82.4 Å². The van der Waals surface area contributed by atoms with Gasteiger partial charge in [0.15, 0.2) is 5.60 Å². The highest BCUT2D eigenvalue weighted by Gasteiger charge is 2.54. The van der Waals surface area contributed by atoms with Crippen LogP contribution in [0, 0.1) is 0 Å². The van der Waals surface area contributed by atoms with Gasteiger partial charge in [-0.15, -0.1) is 0 Å². The molecule has 4 aromatic carbocycles. The Morgan fingerprint density at radius 2 is 1.33 bits per heavy atom. The van der Waals surface area contributed by atoms with Crippen LogP contribution in [0.5, 0.6) is 34.5 Å². The van der Waals surface area contributed by atoms with Gasteiger partial charge in [0, 0.05) is 46.1 Å². The smallest absolute Gasteiger partial charge is 0.340 e. The predicted molar refractivity (Wildman–Crippen MR) is 117 cm³/mol. The van der Waals surface area contributed by atoms with Gasteiger partial charge in [-0.25, -0.2) is 4.79 Å². The molecule has 6 rings (SSSR count). The first kappa shape index (κ1) is 19.3. The van der Waals surface area contributed by atoms with Crippen molar-refractivity contribution in [3.63, 3.8) is 0 Å². The molecular formula is C25H17NO7. The number of benzene rings is 4. The van der Waals surface area contributed by atoms with Crippen LogP contribution in [-0.2, 0) is 16.9 Å². The van der Waals surface area contributed by atoms with Gasteiger partial charge in [0.05, 0.1) is 5.56 Å². The van der Waals surface area contributed by atoms with E-state index in [9.17, 15) is 25.2 Å². The third-order valence-corrected chi connectivity index (χ3v) is 6.28. The number of esters is 1. The zero-order valence-corrected chi connectivity index (χ0v) is 17.0. The molecule has 33 heavy (non-hydrogen) atoms. The van der Waals surface area contributed by atoms with Crippen molar-refractivity contribution in [2.45, 2.75) is 12.1 Å². The number of phenols is 4. The molecule has 0 fully saturated rings. The maximum absolute atomic E-state index is 13.4.